The smallest absolute Gasteiger partial charge is 0.254 e. The van der Waals surface area contributed by atoms with Crippen molar-refractivity contribution in [3.8, 4) is 11.3 Å². The molecule has 4 rings (SSSR count). The van der Waals surface area contributed by atoms with Gasteiger partial charge in [-0.2, -0.15) is 5.10 Å². The molecular formula is C22H20F4N4O. The topological polar surface area (TPSA) is 59.0 Å². The Morgan fingerprint density at radius 3 is 2.48 bits per heavy atom. The van der Waals surface area contributed by atoms with Crippen molar-refractivity contribution in [3.63, 3.8) is 0 Å². The molecule has 1 aliphatic heterocycles. The second-order valence-electron chi connectivity index (χ2n) is 7.51. The van der Waals surface area contributed by atoms with Gasteiger partial charge in [0.1, 0.15) is 5.82 Å². The maximum atomic E-state index is 14.7. The number of aromatic nitrogens is 2. The number of benzene rings is 2. The average Bonchev–Trinajstić information content (AvgIpc) is 3.17. The average molecular weight is 432 g/mol. The van der Waals surface area contributed by atoms with Gasteiger partial charge in [-0.25, -0.2) is 17.6 Å². The minimum absolute atomic E-state index is 0.147. The van der Waals surface area contributed by atoms with E-state index in [-0.39, 0.29) is 11.1 Å². The Balaban J connectivity index is 1.56. The maximum Gasteiger partial charge on any atom is 0.254 e. The largest absolute Gasteiger partial charge is 0.347 e. The van der Waals surface area contributed by atoms with Gasteiger partial charge in [0.15, 0.2) is 17.5 Å². The summed E-state index contributed by atoms with van der Waals surface area (Å²) in [5.41, 5.74) is 1.37. The molecule has 1 aromatic heterocycles. The van der Waals surface area contributed by atoms with Crippen molar-refractivity contribution >= 4 is 5.91 Å². The van der Waals surface area contributed by atoms with E-state index in [1.54, 1.807) is 30.1 Å². The molecule has 9 heteroatoms. The molecule has 0 unspecified atom stereocenters. The van der Waals surface area contributed by atoms with Crippen molar-refractivity contribution in [2.45, 2.75) is 18.4 Å². The molecule has 0 aliphatic carbocycles. The Labute approximate surface area is 176 Å². The molecule has 2 aromatic carbocycles. The second kappa shape index (κ2) is 8.50. The molecule has 2 heterocycles. The normalized spacial score (nSPS) is 18.7. The first-order chi connectivity index (χ1) is 14.8. The van der Waals surface area contributed by atoms with E-state index in [0.29, 0.717) is 30.8 Å². The number of carbonyl (C=O) groups excluding carboxylic acids is 1. The molecular weight excluding hydrogens is 412 g/mol. The Morgan fingerprint density at radius 1 is 1.10 bits per heavy atom. The summed E-state index contributed by atoms with van der Waals surface area (Å²) in [4.78, 5) is 12.8. The number of nitrogens with zero attached hydrogens (tertiary/aromatic N) is 2. The molecule has 2 N–H and O–H groups in total. The lowest BCUT2D eigenvalue weighted by atomic mass is 9.85. The van der Waals surface area contributed by atoms with Crippen molar-refractivity contribution < 1.29 is 22.4 Å². The predicted octanol–water partition coefficient (Wildman–Crippen LogP) is 3.52. The lowest BCUT2D eigenvalue weighted by Gasteiger charge is -2.33. The van der Waals surface area contributed by atoms with Gasteiger partial charge in [-0.15, -0.1) is 0 Å². The summed E-state index contributed by atoms with van der Waals surface area (Å²) in [5.74, 6) is -5.89. The van der Waals surface area contributed by atoms with Crippen LogP contribution in [-0.2, 0) is 7.05 Å². The molecule has 5 nitrogen and oxygen atoms in total. The highest BCUT2D eigenvalue weighted by Gasteiger charge is 2.30. The fourth-order valence-electron chi connectivity index (χ4n) is 3.96. The van der Waals surface area contributed by atoms with Gasteiger partial charge in [0.2, 0.25) is 0 Å². The number of carbonyl (C=O) groups is 1. The molecule has 0 radical (unpaired) electrons. The van der Waals surface area contributed by atoms with Gasteiger partial charge in [0.05, 0.1) is 11.3 Å². The van der Waals surface area contributed by atoms with Gasteiger partial charge < -0.3 is 10.6 Å². The summed E-state index contributed by atoms with van der Waals surface area (Å²) in [5, 5.41) is 9.89. The molecule has 162 valence electrons. The standard InChI is InChI=1S/C22H20F4N4O/c1-30-20(5-7-28-30)12-2-3-15(16(23)8-12)22(31)29-19-11-27-6-4-14(19)13-9-17(24)21(26)18(25)10-13/h2-3,5,7-10,14,19,27H,4,6,11H2,1H3,(H,29,31)/t14-,19+/m0/s1. The molecule has 3 aromatic rings. The van der Waals surface area contributed by atoms with Crippen molar-refractivity contribution in [2.75, 3.05) is 13.1 Å². The minimum atomic E-state index is -1.53. The van der Waals surface area contributed by atoms with Crippen molar-refractivity contribution in [1.82, 2.24) is 20.4 Å². The van der Waals surface area contributed by atoms with Crippen LogP contribution in [0.4, 0.5) is 17.6 Å². The Bertz CT molecular complexity index is 1110. The Hall–Kier alpha value is -3.20. The number of halogens is 4. The van der Waals surface area contributed by atoms with Crippen LogP contribution >= 0.6 is 0 Å². The zero-order chi connectivity index (χ0) is 22.1. The maximum absolute atomic E-state index is 14.7. The fraction of sp³-hybridized carbons (Fsp3) is 0.273. The third-order valence-electron chi connectivity index (χ3n) is 5.56. The van der Waals surface area contributed by atoms with Crippen molar-refractivity contribution in [1.29, 1.82) is 0 Å². The number of piperidine rings is 1. The third-order valence-corrected chi connectivity index (χ3v) is 5.56. The molecule has 0 saturated carbocycles. The number of nitrogens with one attached hydrogen (secondary N) is 2. The zero-order valence-electron chi connectivity index (χ0n) is 16.6. The van der Waals surface area contributed by atoms with Crippen LogP contribution in [0, 0.1) is 23.3 Å². The van der Waals surface area contributed by atoms with E-state index in [2.05, 4.69) is 15.7 Å². The first-order valence-corrected chi connectivity index (χ1v) is 9.79. The van der Waals surface area contributed by atoms with E-state index >= 15 is 0 Å². The van der Waals surface area contributed by atoms with E-state index in [0.717, 1.165) is 12.1 Å². The Kier molecular flexibility index (Phi) is 5.77. The fourth-order valence-corrected chi connectivity index (χ4v) is 3.96. The van der Waals surface area contributed by atoms with Crippen LogP contribution in [0.3, 0.4) is 0 Å². The number of aryl methyl sites for hydroxylation is 1. The van der Waals surface area contributed by atoms with Gasteiger partial charge >= 0.3 is 0 Å². The quantitative estimate of drug-likeness (QED) is 0.490. The lowest BCUT2D eigenvalue weighted by Crippen LogP contribution is -2.50. The van der Waals surface area contributed by atoms with Gasteiger partial charge in [0.25, 0.3) is 5.91 Å². The predicted molar refractivity (Wildman–Crippen MR) is 106 cm³/mol. The van der Waals surface area contributed by atoms with Crippen LogP contribution in [-0.4, -0.2) is 34.8 Å². The summed E-state index contributed by atoms with van der Waals surface area (Å²) in [6.07, 6.45) is 2.06. The highest BCUT2D eigenvalue weighted by atomic mass is 19.2. The number of hydrogen-bond acceptors (Lipinski definition) is 3. The van der Waals surface area contributed by atoms with E-state index < -0.39 is 41.1 Å². The zero-order valence-corrected chi connectivity index (χ0v) is 16.6. The molecule has 0 bridgehead atoms. The lowest BCUT2D eigenvalue weighted by molar-refractivity contribution is 0.0920. The van der Waals surface area contributed by atoms with E-state index in [1.165, 1.54) is 12.1 Å². The monoisotopic (exact) mass is 432 g/mol. The van der Waals surface area contributed by atoms with Crippen molar-refractivity contribution in [3.05, 3.63) is 77.0 Å². The van der Waals surface area contributed by atoms with Crippen LogP contribution in [0.2, 0.25) is 0 Å². The number of amides is 1. The van der Waals surface area contributed by atoms with Gasteiger partial charge in [0, 0.05) is 37.3 Å². The molecule has 1 amide bonds. The number of rotatable bonds is 4. The van der Waals surface area contributed by atoms with Crippen LogP contribution < -0.4 is 10.6 Å². The van der Waals surface area contributed by atoms with Crippen LogP contribution in [0.25, 0.3) is 11.3 Å². The first-order valence-electron chi connectivity index (χ1n) is 9.79. The summed E-state index contributed by atoms with van der Waals surface area (Å²) < 4.78 is 57.0. The van der Waals surface area contributed by atoms with Crippen molar-refractivity contribution in [2.24, 2.45) is 7.05 Å². The first kappa shape index (κ1) is 21.0. The van der Waals surface area contributed by atoms with E-state index in [4.69, 9.17) is 0 Å². The van der Waals surface area contributed by atoms with Gasteiger partial charge in [-0.05, 0) is 48.9 Å². The third kappa shape index (κ3) is 4.18. The molecule has 31 heavy (non-hydrogen) atoms. The summed E-state index contributed by atoms with van der Waals surface area (Å²) >= 11 is 0. The van der Waals surface area contributed by atoms with Crippen LogP contribution in [0.1, 0.15) is 28.3 Å². The van der Waals surface area contributed by atoms with Gasteiger partial charge in [-0.1, -0.05) is 6.07 Å². The second-order valence-corrected chi connectivity index (χ2v) is 7.51. The highest BCUT2D eigenvalue weighted by Crippen LogP contribution is 2.29. The van der Waals surface area contributed by atoms with Gasteiger partial charge in [-0.3, -0.25) is 9.48 Å². The molecule has 1 fully saturated rings. The summed E-state index contributed by atoms with van der Waals surface area (Å²) in [6.45, 7) is 0.886. The minimum Gasteiger partial charge on any atom is -0.347 e. The Morgan fingerprint density at radius 2 is 1.84 bits per heavy atom. The molecule has 1 saturated heterocycles. The summed E-state index contributed by atoms with van der Waals surface area (Å²) in [6, 6.07) is 7.32. The molecule has 2 atom stereocenters. The molecule has 0 spiro atoms. The number of hydrogen-bond donors (Lipinski definition) is 2. The van der Waals surface area contributed by atoms with Crippen LogP contribution in [0.5, 0.6) is 0 Å². The van der Waals surface area contributed by atoms with E-state index in [1.807, 2.05) is 0 Å². The van der Waals surface area contributed by atoms with Crippen LogP contribution in [0.15, 0.2) is 42.6 Å². The van der Waals surface area contributed by atoms with E-state index in [9.17, 15) is 22.4 Å². The SMILES string of the molecule is Cn1nccc1-c1ccc(C(=O)N[C@@H]2CNCC[C@H]2c2cc(F)c(F)c(F)c2)c(F)c1. The summed E-state index contributed by atoms with van der Waals surface area (Å²) in [7, 11) is 1.73. The highest BCUT2D eigenvalue weighted by molar-refractivity contribution is 5.95. The molecule has 1 aliphatic rings.